The molecule has 0 bridgehead atoms. The van der Waals surface area contributed by atoms with E-state index >= 15 is 0 Å². The van der Waals surface area contributed by atoms with Crippen LogP contribution in [0.2, 0.25) is 0 Å². The molecule has 70 heavy (non-hydrogen) atoms. The van der Waals surface area contributed by atoms with E-state index in [2.05, 4.69) is 191 Å². The zero-order valence-electron chi connectivity index (χ0n) is 37.3. The first-order chi connectivity index (χ1) is 34.7. The summed E-state index contributed by atoms with van der Waals surface area (Å²) in [4.78, 5) is 21.1. The molecule has 15 aromatic rings. The van der Waals surface area contributed by atoms with E-state index in [1.807, 2.05) is 59.1 Å². The minimum Gasteiger partial charge on any atom is -0.309 e. The zero-order chi connectivity index (χ0) is 45.9. The summed E-state index contributed by atoms with van der Waals surface area (Å²) in [6, 6.07) is 78.0. The third kappa shape index (κ3) is 6.10. The van der Waals surface area contributed by atoms with Crippen LogP contribution in [-0.4, -0.2) is 29.1 Å². The molecule has 0 amide bonds. The minimum absolute atomic E-state index is 0.566. The molecule has 0 N–H and O–H groups in total. The van der Waals surface area contributed by atoms with Gasteiger partial charge in [-0.2, -0.15) is 9.97 Å². The molecule has 0 aliphatic rings. The molecule has 0 aliphatic heterocycles. The van der Waals surface area contributed by atoms with Gasteiger partial charge in [-0.1, -0.05) is 146 Å². The lowest BCUT2D eigenvalue weighted by atomic mass is 10.0. The van der Waals surface area contributed by atoms with Crippen molar-refractivity contribution in [3.05, 3.63) is 218 Å². The van der Waals surface area contributed by atoms with E-state index < -0.39 is 0 Å². The smallest absolute Gasteiger partial charge is 0.238 e. The van der Waals surface area contributed by atoms with Crippen molar-refractivity contribution in [3.8, 4) is 56.9 Å². The summed E-state index contributed by atoms with van der Waals surface area (Å²) in [6.45, 7) is 0. The number of fused-ring (bicyclic) bond motifs is 12. The summed E-state index contributed by atoms with van der Waals surface area (Å²) in [6.07, 6.45) is 0. The van der Waals surface area contributed by atoms with Crippen LogP contribution >= 0.6 is 22.7 Å². The van der Waals surface area contributed by atoms with Gasteiger partial charge in [0.1, 0.15) is 0 Å². The highest BCUT2D eigenvalue weighted by Gasteiger charge is 2.22. The van der Waals surface area contributed by atoms with Crippen molar-refractivity contribution in [1.29, 1.82) is 0 Å². The maximum absolute atomic E-state index is 5.54. The van der Waals surface area contributed by atoms with Crippen molar-refractivity contribution >= 4 is 107 Å². The van der Waals surface area contributed by atoms with Gasteiger partial charge < -0.3 is 4.57 Å². The maximum Gasteiger partial charge on any atom is 0.238 e. The Morgan fingerprint density at radius 1 is 0.271 bits per heavy atom. The van der Waals surface area contributed by atoms with Gasteiger partial charge in [-0.25, -0.2) is 9.97 Å². The number of nitrogens with zero attached hydrogens (tertiary/aromatic N) is 6. The number of benzene rings is 9. The van der Waals surface area contributed by atoms with Gasteiger partial charge >= 0.3 is 0 Å². The van der Waals surface area contributed by atoms with Gasteiger partial charge in [0, 0.05) is 84.1 Å². The molecule has 15 rings (SSSR count). The molecule has 6 aromatic heterocycles. The molecular formula is C62H36N6S2. The SMILES string of the molecule is c1ccc(-c2nc(-c3ccccc3)nc(-n3c4ccccc4c4cc5c(cc43)c3ccccc3n5-c3cc(-c4ccc5sc6ccccc6c5c4)nc(-c4ccc5sc6ccccc6c5c4)c3)n2)cc1. The summed E-state index contributed by atoms with van der Waals surface area (Å²) in [5.74, 6) is 1.81. The van der Waals surface area contributed by atoms with Gasteiger partial charge in [0.15, 0.2) is 11.6 Å². The Morgan fingerprint density at radius 2 is 0.700 bits per heavy atom. The van der Waals surface area contributed by atoms with E-state index in [4.69, 9.17) is 19.9 Å². The third-order valence-electron chi connectivity index (χ3n) is 13.8. The van der Waals surface area contributed by atoms with Gasteiger partial charge in [0.25, 0.3) is 0 Å². The van der Waals surface area contributed by atoms with Crippen LogP contribution in [0.1, 0.15) is 0 Å². The van der Waals surface area contributed by atoms with Gasteiger partial charge in [0.05, 0.1) is 39.1 Å². The first-order valence-electron chi connectivity index (χ1n) is 23.4. The summed E-state index contributed by atoms with van der Waals surface area (Å²) in [5.41, 5.74) is 11.1. The lowest BCUT2D eigenvalue weighted by molar-refractivity contribution is 0.954. The summed E-state index contributed by atoms with van der Waals surface area (Å²) >= 11 is 3.67. The number of aromatic nitrogens is 6. The Bertz CT molecular complexity index is 4410. The van der Waals surface area contributed by atoms with Crippen molar-refractivity contribution in [2.24, 2.45) is 0 Å². The van der Waals surface area contributed by atoms with Crippen LogP contribution < -0.4 is 0 Å². The molecule has 0 atom stereocenters. The molecule has 8 heteroatoms. The van der Waals surface area contributed by atoms with E-state index in [1.54, 1.807) is 0 Å². The number of thiophene rings is 2. The van der Waals surface area contributed by atoms with Crippen molar-refractivity contribution in [2.75, 3.05) is 0 Å². The number of pyridine rings is 1. The molecule has 0 radical (unpaired) electrons. The second kappa shape index (κ2) is 15.3. The standard InChI is InChI=1S/C62H36N6S2/c1-3-15-37(16-4-1)60-64-61(38-17-5-2-6-18-38)66-62(65-60)68-53-24-12-8-20-43(53)47-35-54-46(36-55(47)68)42-19-7-11-23-52(42)67(54)41-33-50(39-27-29-58-48(31-39)44-21-9-13-25-56(44)69-58)63-51(34-41)40-28-30-59-49(32-40)45-22-10-14-26-57(45)70-59/h1-36H. The van der Waals surface area contributed by atoms with Crippen molar-refractivity contribution in [3.63, 3.8) is 0 Å². The summed E-state index contributed by atoms with van der Waals surface area (Å²) in [7, 11) is 0. The number of hydrogen-bond acceptors (Lipinski definition) is 6. The number of hydrogen-bond donors (Lipinski definition) is 0. The monoisotopic (exact) mass is 928 g/mol. The Balaban J connectivity index is 0.995. The van der Waals surface area contributed by atoms with Gasteiger partial charge in [-0.15, -0.1) is 22.7 Å². The van der Waals surface area contributed by atoms with E-state index in [-0.39, 0.29) is 0 Å². The topological polar surface area (TPSA) is 61.4 Å². The fourth-order valence-corrected chi connectivity index (χ4v) is 12.7. The quantitative estimate of drug-likeness (QED) is 0.167. The minimum atomic E-state index is 0.566. The molecule has 0 saturated heterocycles. The van der Waals surface area contributed by atoms with Crippen LogP contribution in [0.5, 0.6) is 0 Å². The first kappa shape index (κ1) is 39.2. The molecular weight excluding hydrogens is 893 g/mol. The van der Waals surface area contributed by atoms with Gasteiger partial charge in [0.2, 0.25) is 5.95 Å². The van der Waals surface area contributed by atoms with Gasteiger partial charge in [-0.3, -0.25) is 4.57 Å². The normalized spacial score (nSPS) is 12.0. The summed E-state index contributed by atoms with van der Waals surface area (Å²) in [5, 5.41) is 9.54. The predicted octanol–water partition coefficient (Wildman–Crippen LogP) is 16.9. The molecule has 6 nitrogen and oxygen atoms in total. The third-order valence-corrected chi connectivity index (χ3v) is 16.1. The van der Waals surface area contributed by atoms with Crippen molar-refractivity contribution < 1.29 is 0 Å². The van der Waals surface area contributed by atoms with Crippen molar-refractivity contribution in [2.45, 2.75) is 0 Å². The first-order valence-corrected chi connectivity index (χ1v) is 25.0. The highest BCUT2D eigenvalue weighted by molar-refractivity contribution is 7.26. The van der Waals surface area contributed by atoms with Gasteiger partial charge in [-0.05, 0) is 72.8 Å². The summed E-state index contributed by atoms with van der Waals surface area (Å²) < 4.78 is 9.77. The molecule has 326 valence electrons. The van der Waals surface area contributed by atoms with Crippen molar-refractivity contribution in [1.82, 2.24) is 29.1 Å². The van der Waals surface area contributed by atoms with E-state index in [1.165, 1.54) is 40.3 Å². The fourth-order valence-electron chi connectivity index (χ4n) is 10.5. The second-order valence-electron chi connectivity index (χ2n) is 17.8. The van der Waals surface area contributed by atoms with E-state index in [9.17, 15) is 0 Å². The predicted molar refractivity (Wildman–Crippen MR) is 294 cm³/mol. The lowest BCUT2D eigenvalue weighted by Crippen LogP contribution is -2.06. The lowest BCUT2D eigenvalue weighted by Gasteiger charge is -2.14. The number of para-hydroxylation sites is 2. The van der Waals surface area contributed by atoms with Crippen LogP contribution in [0, 0.1) is 0 Å². The van der Waals surface area contributed by atoms with Crippen LogP contribution in [-0.2, 0) is 0 Å². The molecule has 0 aliphatic carbocycles. The van der Waals surface area contributed by atoms with Crippen LogP contribution in [0.15, 0.2) is 218 Å². The van der Waals surface area contributed by atoms with E-state index in [0.717, 1.165) is 82.9 Å². The Labute approximate surface area is 408 Å². The van der Waals surface area contributed by atoms with Crippen LogP contribution in [0.3, 0.4) is 0 Å². The molecule has 6 heterocycles. The van der Waals surface area contributed by atoms with Crippen LogP contribution in [0.4, 0.5) is 0 Å². The maximum atomic E-state index is 5.54. The average molecular weight is 929 g/mol. The highest BCUT2D eigenvalue weighted by Crippen LogP contribution is 2.43. The molecule has 9 aromatic carbocycles. The highest BCUT2D eigenvalue weighted by atomic mass is 32.1. The Morgan fingerprint density at radius 3 is 1.23 bits per heavy atom. The molecule has 0 spiro atoms. The number of rotatable bonds is 6. The zero-order valence-corrected chi connectivity index (χ0v) is 38.9. The van der Waals surface area contributed by atoms with E-state index in [0.29, 0.717) is 17.6 Å². The second-order valence-corrected chi connectivity index (χ2v) is 20.0. The average Bonchev–Trinajstić information content (AvgIpc) is 4.17. The Kier molecular flexibility index (Phi) is 8.60. The molecule has 0 fully saturated rings. The van der Waals surface area contributed by atoms with Crippen LogP contribution in [0.25, 0.3) is 141 Å². The largest absolute Gasteiger partial charge is 0.309 e. The molecule has 0 saturated carbocycles. The Hall–Kier alpha value is -8.82. The molecule has 0 unspecified atom stereocenters. The fraction of sp³-hybridized carbons (Fsp3) is 0.